The molecule has 3 aliphatic heterocycles. The highest BCUT2D eigenvalue weighted by Gasteiger charge is 2.35. The van der Waals surface area contributed by atoms with Crippen LogP contribution in [0.4, 0.5) is 4.79 Å². The standard InChI is InChI=1S/C15H16N4O5.C10H11NO2.C2H6/c1-23-5-4-16-13(20)8-6-11-9(17-7-8)2-3-10(24-11)12-14(21)19-15(22)18-12;1-11-6-7-3-4-8(13-2)5-9(7)10(11)12;1-2/h3,6-7,12H,2,4-5H2,1H3,(H,16,20)(H2,18,19,21,22);3-5H,6H2,1-2H3;1-2H3. The summed E-state index contributed by atoms with van der Waals surface area (Å²) in [5, 5.41) is 7.31. The molecule has 4 heterocycles. The number of benzene rings is 1. The molecule has 1 aromatic carbocycles. The molecule has 0 aliphatic carbocycles. The number of amides is 5. The van der Waals surface area contributed by atoms with Gasteiger partial charge in [0.2, 0.25) is 0 Å². The Balaban J connectivity index is 0.000000236. The van der Waals surface area contributed by atoms with Gasteiger partial charge in [-0.3, -0.25) is 24.7 Å². The fraction of sp³-hybridized carbons (Fsp3) is 0.370. The van der Waals surface area contributed by atoms with E-state index in [1.54, 1.807) is 44.4 Å². The van der Waals surface area contributed by atoms with Gasteiger partial charge in [0.05, 0.1) is 25.0 Å². The number of urea groups is 1. The molecule has 1 atom stereocenters. The van der Waals surface area contributed by atoms with Crippen LogP contribution in [0.3, 0.4) is 0 Å². The fourth-order valence-corrected chi connectivity index (χ4v) is 3.92. The minimum absolute atomic E-state index is 0.0777. The number of allylic oxidation sites excluding steroid dienone is 1. The molecular weight excluding hydrogens is 506 g/mol. The number of pyridine rings is 1. The number of methoxy groups -OCH3 is 2. The van der Waals surface area contributed by atoms with Crippen molar-refractivity contribution in [2.45, 2.75) is 32.9 Å². The maximum absolute atomic E-state index is 12.0. The molecule has 0 bridgehead atoms. The third-order valence-corrected chi connectivity index (χ3v) is 5.87. The van der Waals surface area contributed by atoms with Crippen molar-refractivity contribution in [1.82, 2.24) is 25.8 Å². The highest BCUT2D eigenvalue weighted by atomic mass is 16.5. The largest absolute Gasteiger partial charge is 0.497 e. The highest BCUT2D eigenvalue weighted by Crippen LogP contribution is 2.28. The molecule has 2 aromatic rings. The summed E-state index contributed by atoms with van der Waals surface area (Å²) in [5.41, 5.74) is 2.83. The predicted octanol–water partition coefficient (Wildman–Crippen LogP) is 1.79. The average molecular weight is 540 g/mol. The van der Waals surface area contributed by atoms with Crippen LogP contribution >= 0.6 is 0 Å². The van der Waals surface area contributed by atoms with Crippen molar-refractivity contribution >= 4 is 23.8 Å². The number of ether oxygens (including phenoxy) is 3. The van der Waals surface area contributed by atoms with Crippen LogP contribution in [0.25, 0.3) is 0 Å². The van der Waals surface area contributed by atoms with Gasteiger partial charge in [-0.2, -0.15) is 0 Å². The first-order valence-electron chi connectivity index (χ1n) is 12.5. The Morgan fingerprint density at radius 3 is 2.64 bits per heavy atom. The van der Waals surface area contributed by atoms with Crippen molar-refractivity contribution < 1.29 is 33.4 Å². The van der Waals surface area contributed by atoms with E-state index < -0.39 is 18.0 Å². The first kappa shape index (κ1) is 29.1. The zero-order valence-electron chi connectivity index (χ0n) is 22.6. The first-order chi connectivity index (χ1) is 18.8. The Labute approximate surface area is 226 Å². The van der Waals surface area contributed by atoms with E-state index in [-0.39, 0.29) is 11.8 Å². The van der Waals surface area contributed by atoms with Gasteiger partial charge in [0, 0.05) is 45.4 Å². The lowest BCUT2D eigenvalue weighted by Crippen LogP contribution is -2.34. The zero-order valence-corrected chi connectivity index (χ0v) is 22.6. The molecule has 5 amide bonds. The number of nitrogens with one attached hydrogen (secondary N) is 3. The number of hydrogen-bond donors (Lipinski definition) is 3. The first-order valence-corrected chi connectivity index (χ1v) is 12.5. The number of carbonyl (C=O) groups is 4. The molecule has 5 rings (SSSR count). The number of imide groups is 1. The number of aromatic nitrogens is 1. The van der Waals surface area contributed by atoms with E-state index in [1.807, 2.05) is 26.0 Å². The molecule has 0 radical (unpaired) electrons. The summed E-state index contributed by atoms with van der Waals surface area (Å²) in [6.07, 6.45) is 3.59. The number of hydrogen-bond acceptors (Lipinski definition) is 8. The Hall–Kier alpha value is -4.45. The van der Waals surface area contributed by atoms with E-state index in [9.17, 15) is 19.2 Å². The lowest BCUT2D eigenvalue weighted by molar-refractivity contribution is -0.119. The Kier molecular flexibility index (Phi) is 9.98. The maximum Gasteiger partial charge on any atom is 0.322 e. The van der Waals surface area contributed by atoms with E-state index in [1.165, 1.54) is 6.20 Å². The molecule has 1 unspecified atom stereocenters. The predicted molar refractivity (Wildman–Crippen MR) is 141 cm³/mol. The molecule has 12 nitrogen and oxygen atoms in total. The van der Waals surface area contributed by atoms with Crippen LogP contribution in [0, 0.1) is 0 Å². The van der Waals surface area contributed by atoms with Crippen molar-refractivity contribution in [2.24, 2.45) is 0 Å². The fourth-order valence-electron chi connectivity index (χ4n) is 3.92. The second kappa shape index (κ2) is 13.4. The molecule has 1 fully saturated rings. The second-order valence-corrected chi connectivity index (χ2v) is 8.41. The van der Waals surface area contributed by atoms with Crippen molar-refractivity contribution in [2.75, 3.05) is 34.4 Å². The van der Waals surface area contributed by atoms with Crippen LogP contribution in [0.5, 0.6) is 11.5 Å². The summed E-state index contributed by atoms with van der Waals surface area (Å²) in [4.78, 5) is 52.4. The van der Waals surface area contributed by atoms with Crippen LogP contribution in [-0.2, 0) is 22.5 Å². The van der Waals surface area contributed by atoms with Crippen LogP contribution < -0.4 is 25.4 Å². The molecule has 39 heavy (non-hydrogen) atoms. The van der Waals surface area contributed by atoms with Gasteiger partial charge in [0.1, 0.15) is 17.3 Å². The molecule has 0 spiro atoms. The van der Waals surface area contributed by atoms with Gasteiger partial charge in [-0.15, -0.1) is 0 Å². The SMILES string of the molecule is CC.COCCNC(=O)c1cnc2c(c1)OC(C1NC(=O)NC1=O)=CC2.COc1ccc2c(c1)C(=O)N(C)C2. The van der Waals surface area contributed by atoms with Gasteiger partial charge in [-0.05, 0) is 29.8 Å². The third-order valence-electron chi connectivity index (χ3n) is 5.87. The Morgan fingerprint density at radius 1 is 1.21 bits per heavy atom. The van der Waals surface area contributed by atoms with E-state index in [2.05, 4.69) is 20.9 Å². The number of fused-ring (bicyclic) bond motifs is 2. The number of carbonyl (C=O) groups excluding carboxylic acids is 4. The quantitative estimate of drug-likeness (QED) is 0.372. The summed E-state index contributed by atoms with van der Waals surface area (Å²) in [5.74, 6) is 0.742. The van der Waals surface area contributed by atoms with Crippen molar-refractivity contribution in [3.63, 3.8) is 0 Å². The molecule has 0 saturated carbocycles. The van der Waals surface area contributed by atoms with Crippen molar-refractivity contribution in [3.05, 3.63) is 64.7 Å². The molecule has 3 N–H and O–H groups in total. The molecule has 12 heteroatoms. The number of rotatable bonds is 6. The normalized spacial score (nSPS) is 16.6. The van der Waals surface area contributed by atoms with Gasteiger partial charge in [0.25, 0.3) is 17.7 Å². The Bertz CT molecular complexity index is 1280. The van der Waals surface area contributed by atoms with Gasteiger partial charge in [-0.25, -0.2) is 4.79 Å². The van der Waals surface area contributed by atoms with E-state index in [0.717, 1.165) is 16.9 Å². The summed E-state index contributed by atoms with van der Waals surface area (Å²) >= 11 is 0. The van der Waals surface area contributed by atoms with Crippen molar-refractivity contribution in [3.8, 4) is 11.5 Å². The minimum atomic E-state index is -0.871. The van der Waals surface area contributed by atoms with E-state index in [0.29, 0.717) is 48.9 Å². The monoisotopic (exact) mass is 539 g/mol. The smallest absolute Gasteiger partial charge is 0.322 e. The molecule has 1 saturated heterocycles. The van der Waals surface area contributed by atoms with Crippen LogP contribution in [0.1, 0.15) is 45.8 Å². The summed E-state index contributed by atoms with van der Waals surface area (Å²) in [7, 11) is 4.95. The molecular formula is C27H33N5O7. The summed E-state index contributed by atoms with van der Waals surface area (Å²) < 4.78 is 15.6. The topological polar surface area (TPSA) is 148 Å². The average Bonchev–Trinajstić information content (AvgIpc) is 3.45. The van der Waals surface area contributed by atoms with Gasteiger partial charge in [-0.1, -0.05) is 19.9 Å². The highest BCUT2D eigenvalue weighted by molar-refractivity contribution is 6.05. The molecule has 3 aliphatic rings. The lowest BCUT2D eigenvalue weighted by Gasteiger charge is -2.20. The maximum atomic E-state index is 12.0. The lowest BCUT2D eigenvalue weighted by atomic mass is 10.1. The second-order valence-electron chi connectivity index (χ2n) is 8.41. The summed E-state index contributed by atoms with van der Waals surface area (Å²) in [6.45, 7) is 5.49. The zero-order chi connectivity index (χ0) is 28.5. The van der Waals surface area contributed by atoms with Crippen molar-refractivity contribution in [1.29, 1.82) is 0 Å². The van der Waals surface area contributed by atoms with Gasteiger partial charge < -0.3 is 29.7 Å². The van der Waals surface area contributed by atoms with Crippen LogP contribution in [0.15, 0.2) is 42.3 Å². The Morgan fingerprint density at radius 2 is 1.97 bits per heavy atom. The van der Waals surface area contributed by atoms with Crippen LogP contribution in [0.2, 0.25) is 0 Å². The van der Waals surface area contributed by atoms with E-state index >= 15 is 0 Å². The summed E-state index contributed by atoms with van der Waals surface area (Å²) in [6, 6.07) is 5.74. The van der Waals surface area contributed by atoms with Gasteiger partial charge >= 0.3 is 6.03 Å². The molecule has 1 aromatic heterocycles. The number of nitrogens with zero attached hydrogens (tertiary/aromatic N) is 2. The third kappa shape index (κ3) is 6.90. The van der Waals surface area contributed by atoms with Gasteiger partial charge in [0.15, 0.2) is 6.04 Å². The van der Waals surface area contributed by atoms with Crippen LogP contribution in [-0.4, -0.2) is 74.1 Å². The minimum Gasteiger partial charge on any atom is -0.497 e. The molecule has 208 valence electrons. The van der Waals surface area contributed by atoms with E-state index in [4.69, 9.17) is 14.2 Å².